The van der Waals surface area contributed by atoms with Crippen LogP contribution >= 0.6 is 0 Å². The fraction of sp³-hybridized carbons (Fsp3) is 0.150. The van der Waals surface area contributed by atoms with Gasteiger partial charge in [0.25, 0.3) is 0 Å². The van der Waals surface area contributed by atoms with E-state index in [9.17, 15) is 31.6 Å². The summed E-state index contributed by atoms with van der Waals surface area (Å²) in [6, 6.07) is 9.76. The van der Waals surface area contributed by atoms with E-state index >= 15 is 0 Å². The van der Waals surface area contributed by atoms with Gasteiger partial charge in [-0.25, -0.2) is 24.9 Å². The van der Waals surface area contributed by atoms with E-state index in [1.165, 1.54) is 0 Å². The first kappa shape index (κ1) is 21.0. The lowest BCUT2D eigenvalue weighted by Crippen LogP contribution is -2.38. The number of rotatable bonds is 0. The number of allylic oxidation sites excluding steroid dienone is 2. The first-order chi connectivity index (χ1) is 15.6. The van der Waals surface area contributed by atoms with Crippen molar-refractivity contribution in [2.24, 2.45) is 4.99 Å². The standard InChI is InChI=1S/C18H2N12.C2H6/c19-1-7-8(2-20)26-14-13(25-7)15-17(29-10(4-22)9(3-21)27-15)18-16(14)28-11(5-23)12(6-24)30-18;1-2/h13,25H;1-2H3. The molecule has 148 valence electrons. The van der Waals surface area contributed by atoms with Crippen LogP contribution in [0, 0.1) is 68.0 Å². The molecule has 32 heavy (non-hydrogen) atoms. The third-order valence-corrected chi connectivity index (χ3v) is 4.23. The van der Waals surface area contributed by atoms with Crippen molar-refractivity contribution in [3.8, 4) is 47.8 Å². The van der Waals surface area contributed by atoms with Crippen molar-refractivity contribution in [1.82, 2.24) is 25.3 Å². The summed E-state index contributed by atoms with van der Waals surface area (Å²) in [5, 5.41) is 58.7. The first-order valence-electron chi connectivity index (χ1n) is 8.94. The number of nitriles is 6. The molecule has 2 aromatic rings. The predicted octanol–water partition coefficient (Wildman–Crippen LogP) is 1.15. The van der Waals surface area contributed by atoms with E-state index in [-0.39, 0.29) is 62.7 Å². The Balaban J connectivity index is 0.00000141. The Morgan fingerprint density at radius 1 is 0.625 bits per heavy atom. The molecule has 1 aliphatic carbocycles. The van der Waals surface area contributed by atoms with Gasteiger partial charge in [0.05, 0.1) is 11.4 Å². The van der Waals surface area contributed by atoms with Crippen molar-refractivity contribution in [3.05, 3.63) is 45.6 Å². The zero-order chi connectivity index (χ0) is 23.4. The lowest BCUT2D eigenvalue weighted by molar-refractivity contribution is 0.707. The summed E-state index contributed by atoms with van der Waals surface area (Å²) >= 11 is 0. The molecule has 0 saturated heterocycles. The summed E-state index contributed by atoms with van der Waals surface area (Å²) in [5.74, 6) is 0. The number of hydrogen-bond acceptors (Lipinski definition) is 12. The van der Waals surface area contributed by atoms with Gasteiger partial charge in [-0.3, -0.25) is 0 Å². The molecule has 0 aromatic carbocycles. The maximum Gasteiger partial charge on any atom is 0.177 e. The molecule has 2 aliphatic rings. The molecule has 1 unspecified atom stereocenters. The van der Waals surface area contributed by atoms with Gasteiger partial charge in [-0.15, -0.1) is 0 Å². The Bertz CT molecular complexity index is 1490. The lowest BCUT2D eigenvalue weighted by atomic mass is 9.90. The molecule has 1 aliphatic heterocycles. The second-order valence-corrected chi connectivity index (χ2v) is 5.74. The molecule has 0 fully saturated rings. The van der Waals surface area contributed by atoms with Gasteiger partial charge in [-0.2, -0.15) is 31.6 Å². The van der Waals surface area contributed by atoms with E-state index in [0.717, 1.165) is 0 Å². The van der Waals surface area contributed by atoms with Crippen molar-refractivity contribution in [1.29, 1.82) is 31.6 Å². The second kappa shape index (κ2) is 8.36. The Kier molecular flexibility index (Phi) is 5.49. The van der Waals surface area contributed by atoms with Crippen molar-refractivity contribution in [3.63, 3.8) is 0 Å². The monoisotopic (exact) mass is 416 g/mol. The number of nitrogens with one attached hydrogen (secondary N) is 1. The van der Waals surface area contributed by atoms with Gasteiger partial charge in [0.15, 0.2) is 34.2 Å². The van der Waals surface area contributed by atoms with Crippen LogP contribution in [-0.2, 0) is 0 Å². The number of aliphatic imine (C=N–C) groups is 1. The number of fused-ring (bicyclic) bond motifs is 6. The summed E-state index contributed by atoms with van der Waals surface area (Å²) in [7, 11) is 0. The molecule has 2 aromatic heterocycles. The maximum atomic E-state index is 9.33. The Morgan fingerprint density at radius 2 is 1.12 bits per heavy atom. The van der Waals surface area contributed by atoms with E-state index in [2.05, 4.69) is 30.2 Å². The summed E-state index contributed by atoms with van der Waals surface area (Å²) in [6.07, 6.45) is 0. The van der Waals surface area contributed by atoms with E-state index in [4.69, 9.17) is 0 Å². The van der Waals surface area contributed by atoms with Gasteiger partial charge in [0.1, 0.15) is 59.5 Å². The normalized spacial score (nSPS) is 14.4. The molecule has 0 saturated carbocycles. The average Bonchev–Trinajstić information content (AvgIpc) is 2.87. The summed E-state index contributed by atoms with van der Waals surface area (Å²) in [4.78, 5) is 20.8. The van der Waals surface area contributed by atoms with E-state index in [1.807, 2.05) is 19.9 Å². The van der Waals surface area contributed by atoms with Crippen LogP contribution in [0.1, 0.15) is 54.1 Å². The highest BCUT2D eigenvalue weighted by Crippen LogP contribution is 2.38. The molecule has 0 radical (unpaired) electrons. The molecule has 3 heterocycles. The lowest BCUT2D eigenvalue weighted by Gasteiger charge is -2.30. The molecule has 0 spiro atoms. The average molecular weight is 416 g/mol. The highest BCUT2D eigenvalue weighted by atomic mass is 15.1. The minimum atomic E-state index is -0.944. The summed E-state index contributed by atoms with van der Waals surface area (Å²) < 4.78 is 0. The van der Waals surface area contributed by atoms with Gasteiger partial charge < -0.3 is 5.32 Å². The summed E-state index contributed by atoms with van der Waals surface area (Å²) in [6.45, 7) is 4.00. The smallest absolute Gasteiger partial charge is 0.177 e. The Labute approximate surface area is 181 Å². The van der Waals surface area contributed by atoms with Gasteiger partial charge in [0, 0.05) is 0 Å². The molecule has 12 nitrogen and oxygen atoms in total. The van der Waals surface area contributed by atoms with Crippen LogP contribution < -0.4 is 5.32 Å². The van der Waals surface area contributed by atoms with Crippen LogP contribution in [0.4, 0.5) is 0 Å². The minimum absolute atomic E-state index is 0.0172. The predicted molar refractivity (Wildman–Crippen MR) is 104 cm³/mol. The Morgan fingerprint density at radius 3 is 1.62 bits per heavy atom. The molecule has 12 heteroatoms. The SMILES string of the molecule is CC.N#CC1=C(C#N)NC2C(=N1)c1nc(C#N)c(C#N)nc1-c1nc(C#N)c(C#N)nc12. The number of nitrogens with zero attached hydrogens (tertiary/aromatic N) is 11. The molecule has 1 N–H and O–H groups in total. The van der Waals surface area contributed by atoms with Gasteiger partial charge in [-0.1, -0.05) is 13.8 Å². The van der Waals surface area contributed by atoms with Crippen molar-refractivity contribution in [2.75, 3.05) is 0 Å². The highest BCUT2D eigenvalue weighted by Gasteiger charge is 2.40. The zero-order valence-electron chi connectivity index (χ0n) is 16.5. The quantitative estimate of drug-likeness (QED) is 0.641. The van der Waals surface area contributed by atoms with Crippen molar-refractivity contribution >= 4 is 5.71 Å². The second-order valence-electron chi connectivity index (χ2n) is 5.74. The van der Waals surface area contributed by atoms with Crippen molar-refractivity contribution in [2.45, 2.75) is 19.9 Å². The van der Waals surface area contributed by atoms with Crippen LogP contribution in [0.15, 0.2) is 16.4 Å². The van der Waals surface area contributed by atoms with Crippen LogP contribution in [0.3, 0.4) is 0 Å². The van der Waals surface area contributed by atoms with E-state index in [1.54, 1.807) is 30.3 Å². The molecule has 0 bridgehead atoms. The van der Waals surface area contributed by atoms with E-state index < -0.39 is 6.04 Å². The first-order valence-corrected chi connectivity index (χ1v) is 8.94. The molecular weight excluding hydrogens is 408 g/mol. The third-order valence-electron chi connectivity index (χ3n) is 4.23. The molecule has 1 atom stereocenters. The number of hydrogen-bond donors (Lipinski definition) is 1. The molecule has 4 rings (SSSR count). The topological polar surface area (TPSA) is 219 Å². The fourth-order valence-electron chi connectivity index (χ4n) is 2.99. The van der Waals surface area contributed by atoms with E-state index in [0.29, 0.717) is 0 Å². The zero-order valence-corrected chi connectivity index (χ0v) is 16.5. The highest BCUT2D eigenvalue weighted by molar-refractivity contribution is 6.11. The summed E-state index contributed by atoms with van der Waals surface area (Å²) in [5.41, 5.74) is -1.07. The fourth-order valence-corrected chi connectivity index (χ4v) is 2.99. The van der Waals surface area contributed by atoms with Crippen LogP contribution in [0.5, 0.6) is 0 Å². The number of aromatic nitrogens is 4. The molecular formula is C20H8N12. The van der Waals surface area contributed by atoms with Gasteiger partial charge in [-0.05, 0) is 0 Å². The minimum Gasteiger partial charge on any atom is -0.360 e. The third kappa shape index (κ3) is 3.00. The molecule has 0 amide bonds. The van der Waals surface area contributed by atoms with Gasteiger partial charge >= 0.3 is 0 Å². The Hall–Kier alpha value is -5.69. The van der Waals surface area contributed by atoms with Crippen LogP contribution in [0.25, 0.3) is 11.4 Å². The van der Waals surface area contributed by atoms with Gasteiger partial charge in [0.2, 0.25) is 0 Å². The van der Waals surface area contributed by atoms with Crippen LogP contribution in [0.2, 0.25) is 0 Å². The van der Waals surface area contributed by atoms with Crippen LogP contribution in [-0.4, -0.2) is 25.6 Å². The van der Waals surface area contributed by atoms with Crippen molar-refractivity contribution < 1.29 is 0 Å². The maximum absolute atomic E-state index is 9.33. The largest absolute Gasteiger partial charge is 0.360 e.